The number of sulfonamides is 1. The Bertz CT molecular complexity index is 642. The summed E-state index contributed by atoms with van der Waals surface area (Å²) in [6.07, 6.45) is 1.20. The first-order valence-corrected chi connectivity index (χ1v) is 7.74. The summed E-state index contributed by atoms with van der Waals surface area (Å²) in [7, 11) is -3.58. The van der Waals surface area contributed by atoms with Gasteiger partial charge in [0.05, 0.1) is 10.3 Å². The van der Waals surface area contributed by atoms with Crippen LogP contribution in [0.2, 0.25) is 0 Å². The average molecular weight is 295 g/mol. The van der Waals surface area contributed by atoms with Gasteiger partial charge < -0.3 is 5.11 Å². The van der Waals surface area contributed by atoms with Gasteiger partial charge in [-0.3, -0.25) is 4.79 Å². The molecule has 0 spiro atoms. The first-order chi connectivity index (χ1) is 9.28. The van der Waals surface area contributed by atoms with Gasteiger partial charge in [0.2, 0.25) is 10.0 Å². The molecule has 0 aliphatic heterocycles. The second-order valence-corrected chi connectivity index (χ2v) is 6.96. The minimum atomic E-state index is -3.58. The monoisotopic (exact) mass is 295 g/mol. The molecule has 0 amide bonds. The van der Waals surface area contributed by atoms with Crippen LogP contribution in [0.15, 0.2) is 41.3 Å². The summed E-state index contributed by atoms with van der Waals surface area (Å²) < 4.78 is 26.4. The lowest BCUT2D eigenvalue weighted by atomic mass is 9.96. The summed E-state index contributed by atoms with van der Waals surface area (Å²) in [6.45, 7) is 5.55. The van der Waals surface area contributed by atoms with Crippen LogP contribution in [-0.4, -0.2) is 26.0 Å². The summed E-state index contributed by atoms with van der Waals surface area (Å²) in [4.78, 5) is 11.3. The maximum absolute atomic E-state index is 12.0. The number of carboxylic acid groups (broad SMARTS) is 1. The highest BCUT2D eigenvalue weighted by atomic mass is 32.2. The smallest absolute Gasteiger partial charge is 0.314 e. The fraction of sp³-hybridized carbons (Fsp3) is 0.357. The molecule has 1 saturated carbocycles. The summed E-state index contributed by atoms with van der Waals surface area (Å²) in [5.41, 5.74) is 0.560. The Morgan fingerprint density at radius 3 is 2.30 bits per heavy atom. The van der Waals surface area contributed by atoms with Crippen LogP contribution >= 0.6 is 0 Å². The van der Waals surface area contributed by atoms with E-state index < -0.39 is 21.4 Å². The summed E-state index contributed by atoms with van der Waals surface area (Å²) in [5.74, 6) is -0.853. The van der Waals surface area contributed by atoms with Gasteiger partial charge in [-0.2, -0.15) is 0 Å². The van der Waals surface area contributed by atoms with Crippen molar-refractivity contribution < 1.29 is 18.3 Å². The number of carbonyl (C=O) groups is 1. The molecule has 1 fully saturated rings. The first-order valence-electron chi connectivity index (χ1n) is 6.26. The standard InChI is InChI=1S/C14H17NO4S/c1-10(2)9-15-20(18,19)12-5-3-11(4-6-12)14(7-8-14)13(16)17/h3-6,15H,1,7-9H2,2H3,(H,16,17). The lowest BCUT2D eigenvalue weighted by Crippen LogP contribution is -2.25. The van der Waals surface area contributed by atoms with Crippen LogP contribution in [0.5, 0.6) is 0 Å². The molecule has 2 N–H and O–H groups in total. The zero-order valence-corrected chi connectivity index (χ0v) is 12.0. The molecular formula is C14H17NO4S. The molecule has 0 radical (unpaired) electrons. The highest BCUT2D eigenvalue weighted by molar-refractivity contribution is 7.89. The molecule has 2 rings (SSSR count). The van der Waals surface area contributed by atoms with E-state index in [1.54, 1.807) is 19.1 Å². The molecule has 6 heteroatoms. The Labute approximate surface area is 118 Å². The highest BCUT2D eigenvalue weighted by Crippen LogP contribution is 2.48. The molecule has 0 aromatic heterocycles. The van der Waals surface area contributed by atoms with E-state index in [0.717, 1.165) is 0 Å². The molecule has 0 bridgehead atoms. The Hall–Kier alpha value is -1.66. The molecule has 5 nitrogen and oxygen atoms in total. The van der Waals surface area contributed by atoms with Crippen LogP contribution in [0.4, 0.5) is 0 Å². The van der Waals surface area contributed by atoms with Gasteiger partial charge in [-0.25, -0.2) is 13.1 Å². The maximum Gasteiger partial charge on any atom is 0.314 e. The predicted octanol–water partition coefficient (Wildman–Crippen LogP) is 1.66. The van der Waals surface area contributed by atoms with Crippen molar-refractivity contribution in [1.29, 1.82) is 0 Å². The van der Waals surface area contributed by atoms with Crippen molar-refractivity contribution in [2.24, 2.45) is 0 Å². The average Bonchev–Trinajstić information content (AvgIpc) is 3.18. The fourth-order valence-corrected chi connectivity index (χ4v) is 3.10. The van der Waals surface area contributed by atoms with Crippen molar-refractivity contribution in [2.75, 3.05) is 6.54 Å². The van der Waals surface area contributed by atoms with E-state index in [0.29, 0.717) is 24.0 Å². The number of rotatable bonds is 6. The number of hydrogen-bond acceptors (Lipinski definition) is 3. The van der Waals surface area contributed by atoms with E-state index in [2.05, 4.69) is 11.3 Å². The molecule has 0 saturated heterocycles. The zero-order valence-electron chi connectivity index (χ0n) is 11.2. The second kappa shape index (κ2) is 5.03. The minimum absolute atomic E-state index is 0.128. The van der Waals surface area contributed by atoms with Crippen molar-refractivity contribution in [3.8, 4) is 0 Å². The van der Waals surface area contributed by atoms with Crippen LogP contribution in [0.3, 0.4) is 0 Å². The normalized spacial score (nSPS) is 16.6. The van der Waals surface area contributed by atoms with Gasteiger partial charge in [0.15, 0.2) is 0 Å². The van der Waals surface area contributed by atoms with Gasteiger partial charge in [-0.1, -0.05) is 24.3 Å². The van der Waals surface area contributed by atoms with Crippen molar-refractivity contribution in [2.45, 2.75) is 30.1 Å². The van der Waals surface area contributed by atoms with E-state index in [-0.39, 0.29) is 11.4 Å². The van der Waals surface area contributed by atoms with E-state index >= 15 is 0 Å². The van der Waals surface area contributed by atoms with Crippen LogP contribution in [0.1, 0.15) is 25.3 Å². The Kier molecular flexibility index (Phi) is 3.71. The highest BCUT2D eigenvalue weighted by Gasteiger charge is 2.51. The van der Waals surface area contributed by atoms with E-state index in [1.165, 1.54) is 12.1 Å². The van der Waals surface area contributed by atoms with Crippen LogP contribution in [0.25, 0.3) is 0 Å². The number of nitrogens with one attached hydrogen (secondary N) is 1. The second-order valence-electron chi connectivity index (χ2n) is 5.19. The molecule has 0 heterocycles. The van der Waals surface area contributed by atoms with E-state index in [1.807, 2.05) is 0 Å². The third kappa shape index (κ3) is 2.76. The molecule has 108 valence electrons. The van der Waals surface area contributed by atoms with Gasteiger partial charge in [0.1, 0.15) is 0 Å². The van der Waals surface area contributed by atoms with Gasteiger partial charge in [-0.15, -0.1) is 0 Å². The topological polar surface area (TPSA) is 83.5 Å². The molecule has 0 unspecified atom stereocenters. The van der Waals surface area contributed by atoms with Gasteiger partial charge in [0.25, 0.3) is 0 Å². The Morgan fingerprint density at radius 1 is 1.35 bits per heavy atom. The summed E-state index contributed by atoms with van der Waals surface area (Å²) >= 11 is 0. The third-order valence-corrected chi connectivity index (χ3v) is 4.86. The van der Waals surface area contributed by atoms with Crippen molar-refractivity contribution in [3.05, 3.63) is 42.0 Å². The lowest BCUT2D eigenvalue weighted by Gasteiger charge is -2.11. The SMILES string of the molecule is C=C(C)CNS(=O)(=O)c1ccc(C2(C(=O)O)CC2)cc1. The quantitative estimate of drug-likeness (QED) is 0.782. The molecule has 0 atom stereocenters. The van der Waals surface area contributed by atoms with Crippen molar-refractivity contribution in [1.82, 2.24) is 4.72 Å². The zero-order chi connectivity index (χ0) is 15.0. The molecular weight excluding hydrogens is 278 g/mol. The van der Waals surface area contributed by atoms with Crippen LogP contribution in [0, 0.1) is 0 Å². The summed E-state index contributed by atoms with van der Waals surface area (Å²) in [6, 6.07) is 6.05. The summed E-state index contributed by atoms with van der Waals surface area (Å²) in [5, 5.41) is 9.19. The van der Waals surface area contributed by atoms with E-state index in [4.69, 9.17) is 0 Å². The molecule has 1 aromatic carbocycles. The van der Waals surface area contributed by atoms with Crippen LogP contribution < -0.4 is 4.72 Å². The number of carboxylic acids is 1. The van der Waals surface area contributed by atoms with Crippen molar-refractivity contribution >= 4 is 16.0 Å². The minimum Gasteiger partial charge on any atom is -0.481 e. The molecule has 1 aromatic rings. The molecule has 1 aliphatic carbocycles. The fourth-order valence-electron chi connectivity index (χ4n) is 2.01. The van der Waals surface area contributed by atoms with Gasteiger partial charge in [0, 0.05) is 6.54 Å². The Morgan fingerprint density at radius 2 is 1.90 bits per heavy atom. The van der Waals surface area contributed by atoms with Gasteiger partial charge >= 0.3 is 5.97 Å². The van der Waals surface area contributed by atoms with Crippen LogP contribution in [-0.2, 0) is 20.2 Å². The number of benzene rings is 1. The van der Waals surface area contributed by atoms with Crippen molar-refractivity contribution in [3.63, 3.8) is 0 Å². The third-order valence-electron chi connectivity index (χ3n) is 3.44. The maximum atomic E-state index is 12.0. The number of aliphatic carboxylic acids is 1. The van der Waals surface area contributed by atoms with E-state index in [9.17, 15) is 18.3 Å². The molecule has 20 heavy (non-hydrogen) atoms. The first kappa shape index (κ1) is 14.7. The number of hydrogen-bond donors (Lipinski definition) is 2. The Balaban J connectivity index is 2.21. The lowest BCUT2D eigenvalue weighted by molar-refractivity contribution is -0.140. The largest absolute Gasteiger partial charge is 0.481 e. The van der Waals surface area contributed by atoms with Gasteiger partial charge in [-0.05, 0) is 37.5 Å². The molecule has 1 aliphatic rings. The predicted molar refractivity (Wildman–Crippen MR) is 75.0 cm³/mol.